The Hall–Kier alpha value is -5.76. The molecule has 5 aromatic rings. The van der Waals surface area contributed by atoms with Gasteiger partial charge in [0.1, 0.15) is 28.2 Å². The number of piperidine rings is 1. The van der Waals surface area contributed by atoms with Gasteiger partial charge >= 0.3 is 0 Å². The number of nitrogens with zero attached hydrogens (tertiary/aromatic N) is 6. The van der Waals surface area contributed by atoms with E-state index in [1.807, 2.05) is 58.3 Å². The van der Waals surface area contributed by atoms with Crippen molar-refractivity contribution in [2.24, 2.45) is 18.9 Å². The van der Waals surface area contributed by atoms with Crippen LogP contribution in [-0.2, 0) is 21.4 Å². The quantitative estimate of drug-likeness (QED) is 0.150. The van der Waals surface area contributed by atoms with Gasteiger partial charge in [-0.05, 0) is 73.6 Å². The lowest BCUT2D eigenvalue weighted by Gasteiger charge is -2.29. The van der Waals surface area contributed by atoms with Crippen molar-refractivity contribution in [2.45, 2.75) is 52.0 Å². The van der Waals surface area contributed by atoms with Crippen molar-refractivity contribution < 1.29 is 23.9 Å². The average molecular weight is 766 g/mol. The molecule has 2 aliphatic heterocycles. The molecule has 2 aromatic carbocycles. The lowest BCUT2D eigenvalue weighted by Crippen LogP contribution is -2.51. The fourth-order valence-electron chi connectivity index (χ4n) is 7.36. The number of hydrogen-bond donors (Lipinski definition) is 3. The van der Waals surface area contributed by atoms with E-state index >= 15 is 0 Å². The number of H-pyrrole nitrogens is 1. The van der Waals surface area contributed by atoms with Crippen molar-refractivity contribution in [3.8, 4) is 22.9 Å². The number of carbonyl (C=O) groups is 4. The van der Waals surface area contributed by atoms with Crippen LogP contribution < -0.4 is 20.3 Å². The maximum Gasteiger partial charge on any atom is 0.251 e. The normalized spacial score (nSPS) is 17.8. The highest BCUT2D eigenvalue weighted by atomic mass is 35.5. The van der Waals surface area contributed by atoms with E-state index < -0.39 is 6.04 Å². The van der Waals surface area contributed by atoms with Crippen LogP contribution in [0.3, 0.4) is 0 Å². The second-order valence-electron chi connectivity index (χ2n) is 14.8. The van der Waals surface area contributed by atoms with Crippen LogP contribution in [0.1, 0.15) is 60.6 Å². The predicted molar refractivity (Wildman–Crippen MR) is 208 cm³/mol. The Morgan fingerprint density at radius 1 is 1.09 bits per heavy atom. The number of ether oxygens (including phenoxy) is 1. The number of nitrogens with one attached hydrogen (secondary N) is 3. The molecule has 2 saturated heterocycles. The molecule has 5 heterocycles. The van der Waals surface area contributed by atoms with Gasteiger partial charge in [0.2, 0.25) is 17.7 Å². The standard InChI is InChI=1S/C40H44ClN9O5/c1-22(2)33(40(54)48(4)19-24-16-17-50(20-24)27-10-6-25(7-11-27)29-14-15-32(51)43-39(29)53)45-38(52)26-8-12-28(13-9-26)55-35-31(41)18-42-37-34(35)44-36(46-37)30-21-49(5)47-23(30)3/h6-13,18,21-22,24,29,33H,14-17,19-20H2,1-5H3,(H,45,52)(H,42,44,46)(H,43,51,53)/t24?,29-,33+/m0/s1. The summed E-state index contributed by atoms with van der Waals surface area (Å²) >= 11 is 6.52. The van der Waals surface area contributed by atoms with Crippen LogP contribution in [0.5, 0.6) is 11.5 Å². The number of anilines is 1. The van der Waals surface area contributed by atoms with Gasteiger partial charge in [0.15, 0.2) is 11.4 Å². The third kappa shape index (κ3) is 8.04. The summed E-state index contributed by atoms with van der Waals surface area (Å²) in [4.78, 5) is 67.2. The molecule has 0 radical (unpaired) electrons. The minimum atomic E-state index is -0.715. The fraction of sp³-hybridized carbons (Fsp3) is 0.375. The molecule has 1 unspecified atom stereocenters. The van der Waals surface area contributed by atoms with Gasteiger partial charge in [0.05, 0.1) is 23.4 Å². The largest absolute Gasteiger partial charge is 0.453 e. The highest BCUT2D eigenvalue weighted by molar-refractivity contribution is 6.32. The SMILES string of the molecule is Cc1nn(C)cc1-c1nc2ncc(Cl)c(Oc3ccc(C(=O)N[C@@H](C(=O)N(C)CC4CCN(c5ccc([C@@H]6CCC(=O)NC6=O)cc5)C4)C(C)C)cc3)c2[nH]1. The monoisotopic (exact) mass is 765 g/mol. The number of halogens is 1. The molecule has 4 amide bonds. The van der Waals surface area contributed by atoms with Gasteiger partial charge in [0, 0.05) is 57.6 Å². The molecule has 7 rings (SSSR count). The van der Waals surface area contributed by atoms with Crippen LogP contribution in [-0.4, -0.2) is 86.0 Å². The molecule has 3 aromatic heterocycles. The number of carbonyl (C=O) groups excluding carboxylic acids is 4. The molecule has 15 heteroatoms. The smallest absolute Gasteiger partial charge is 0.251 e. The first-order valence-corrected chi connectivity index (χ1v) is 18.8. The van der Waals surface area contributed by atoms with Crippen LogP contribution >= 0.6 is 11.6 Å². The van der Waals surface area contributed by atoms with Crippen LogP contribution in [0.2, 0.25) is 5.02 Å². The lowest BCUT2D eigenvalue weighted by molar-refractivity contribution is -0.135. The van der Waals surface area contributed by atoms with Gasteiger partial charge in [-0.25, -0.2) is 9.97 Å². The first kappa shape index (κ1) is 37.6. The maximum absolute atomic E-state index is 13.7. The van der Waals surface area contributed by atoms with Crippen LogP contribution in [0.4, 0.5) is 5.69 Å². The Balaban J connectivity index is 0.948. The number of rotatable bonds is 11. The van der Waals surface area contributed by atoms with Gasteiger partial charge in [-0.15, -0.1) is 0 Å². The molecule has 55 heavy (non-hydrogen) atoms. The number of aryl methyl sites for hydroxylation is 2. The van der Waals surface area contributed by atoms with E-state index in [1.165, 1.54) is 6.20 Å². The Morgan fingerprint density at radius 3 is 2.51 bits per heavy atom. The number of imidazole rings is 1. The summed E-state index contributed by atoms with van der Waals surface area (Å²) in [6, 6.07) is 13.9. The van der Waals surface area contributed by atoms with Crippen molar-refractivity contribution in [1.29, 1.82) is 0 Å². The van der Waals surface area contributed by atoms with E-state index in [9.17, 15) is 19.2 Å². The zero-order valence-corrected chi connectivity index (χ0v) is 32.2. The number of hydrogen-bond acceptors (Lipinski definition) is 9. The number of benzene rings is 2. The molecule has 3 atom stereocenters. The Labute approximate surface area is 323 Å². The first-order chi connectivity index (χ1) is 26.3. The number of imide groups is 1. The minimum Gasteiger partial charge on any atom is -0.453 e. The summed E-state index contributed by atoms with van der Waals surface area (Å²) < 4.78 is 7.90. The van der Waals surface area contributed by atoms with E-state index in [1.54, 1.807) is 40.9 Å². The van der Waals surface area contributed by atoms with Gasteiger partial charge in [0.25, 0.3) is 5.91 Å². The number of pyridine rings is 1. The second-order valence-corrected chi connectivity index (χ2v) is 15.2. The summed E-state index contributed by atoms with van der Waals surface area (Å²) in [6.07, 6.45) is 5.13. The second kappa shape index (κ2) is 15.5. The lowest BCUT2D eigenvalue weighted by atomic mass is 9.90. The highest BCUT2D eigenvalue weighted by Gasteiger charge is 2.32. The number of aromatic amines is 1. The molecule has 0 spiro atoms. The summed E-state index contributed by atoms with van der Waals surface area (Å²) in [6.45, 7) is 7.92. The third-order valence-corrected chi connectivity index (χ3v) is 10.6. The fourth-order valence-corrected chi connectivity index (χ4v) is 7.54. The summed E-state index contributed by atoms with van der Waals surface area (Å²) in [5.74, 6) is 0.210. The number of likely N-dealkylation sites (N-methyl/N-ethyl adjacent to an activating group) is 1. The van der Waals surface area contributed by atoms with E-state index in [-0.39, 0.29) is 41.4 Å². The topological polar surface area (TPSA) is 167 Å². The van der Waals surface area contributed by atoms with E-state index in [0.717, 1.165) is 42.0 Å². The van der Waals surface area contributed by atoms with E-state index in [2.05, 4.69) is 35.6 Å². The third-order valence-electron chi connectivity index (χ3n) is 10.3. The van der Waals surface area contributed by atoms with E-state index in [4.69, 9.17) is 16.3 Å². The minimum absolute atomic E-state index is 0.143. The van der Waals surface area contributed by atoms with Crippen molar-refractivity contribution in [3.05, 3.63) is 82.8 Å². The number of aromatic nitrogens is 5. The molecule has 0 saturated carbocycles. The Bertz CT molecular complexity index is 2250. The van der Waals surface area contributed by atoms with Crippen LogP contribution in [0.15, 0.2) is 60.9 Å². The maximum atomic E-state index is 13.7. The van der Waals surface area contributed by atoms with Crippen molar-refractivity contribution in [1.82, 2.24) is 40.3 Å². The van der Waals surface area contributed by atoms with Gasteiger partial charge in [-0.2, -0.15) is 5.10 Å². The summed E-state index contributed by atoms with van der Waals surface area (Å²) in [7, 11) is 3.63. The van der Waals surface area contributed by atoms with Crippen LogP contribution in [0, 0.1) is 18.8 Å². The van der Waals surface area contributed by atoms with Gasteiger partial charge in [-0.3, -0.25) is 29.2 Å². The number of fused-ring (bicyclic) bond motifs is 1. The zero-order valence-electron chi connectivity index (χ0n) is 31.4. The average Bonchev–Trinajstić information content (AvgIpc) is 3.90. The molecule has 0 aliphatic carbocycles. The molecular formula is C40H44ClN9O5. The van der Waals surface area contributed by atoms with Gasteiger partial charge in [-0.1, -0.05) is 37.6 Å². The summed E-state index contributed by atoms with van der Waals surface area (Å²) in [5.41, 5.74) is 4.95. The van der Waals surface area contributed by atoms with Gasteiger partial charge < -0.3 is 24.8 Å². The molecule has 0 bridgehead atoms. The Kier molecular flexibility index (Phi) is 10.6. The first-order valence-electron chi connectivity index (χ1n) is 18.4. The molecule has 14 nitrogen and oxygen atoms in total. The van der Waals surface area contributed by atoms with Crippen LogP contribution in [0.25, 0.3) is 22.6 Å². The predicted octanol–water partition coefficient (Wildman–Crippen LogP) is 5.37. The van der Waals surface area contributed by atoms with Crippen molar-refractivity contribution in [3.63, 3.8) is 0 Å². The molecule has 2 aliphatic rings. The molecular weight excluding hydrogens is 722 g/mol. The molecule has 3 N–H and O–H groups in total. The summed E-state index contributed by atoms with van der Waals surface area (Å²) in [5, 5.41) is 10.1. The van der Waals surface area contributed by atoms with E-state index in [0.29, 0.717) is 58.5 Å². The zero-order chi connectivity index (χ0) is 39.0. The highest BCUT2D eigenvalue weighted by Crippen LogP contribution is 2.36. The molecule has 2 fully saturated rings. The van der Waals surface area contributed by atoms with Crippen molar-refractivity contribution >= 4 is 52.1 Å². The number of amides is 4. The molecule has 286 valence electrons. The van der Waals surface area contributed by atoms with Crippen molar-refractivity contribution in [2.75, 3.05) is 31.6 Å². The Morgan fingerprint density at radius 2 is 1.84 bits per heavy atom.